The van der Waals surface area contributed by atoms with Crippen LogP contribution in [0.2, 0.25) is 0 Å². The van der Waals surface area contributed by atoms with Crippen molar-refractivity contribution in [3.8, 4) is 0 Å². The minimum Gasteiger partial charge on any atom is -0.367 e. The molecule has 0 amide bonds. The van der Waals surface area contributed by atoms with E-state index in [1.165, 1.54) is 16.8 Å². The number of nitrogens with one attached hydrogen (secondary N) is 3. The number of hydrogen-bond donors (Lipinski definition) is 3. The molecule has 1 aliphatic rings. The van der Waals surface area contributed by atoms with Gasteiger partial charge in [-0.3, -0.25) is 4.99 Å². The molecule has 2 rings (SSSR count). The summed E-state index contributed by atoms with van der Waals surface area (Å²) in [4.78, 5) is 7.39. The SMILES string of the molecule is CCC1=C(c2cc[nH]c2)NC(C)NC1=NC. The molecule has 1 aromatic rings. The zero-order valence-corrected chi connectivity index (χ0v) is 9.96. The van der Waals surface area contributed by atoms with Gasteiger partial charge in [-0.15, -0.1) is 0 Å². The van der Waals surface area contributed by atoms with Crippen molar-refractivity contribution in [1.29, 1.82) is 0 Å². The highest BCUT2D eigenvalue weighted by Crippen LogP contribution is 2.22. The molecule has 3 N–H and O–H groups in total. The summed E-state index contributed by atoms with van der Waals surface area (Å²) in [6.07, 6.45) is 5.11. The van der Waals surface area contributed by atoms with Crippen LogP contribution < -0.4 is 10.6 Å². The first-order valence-electron chi connectivity index (χ1n) is 5.62. The first-order chi connectivity index (χ1) is 7.76. The Bertz CT molecular complexity index is 414. The van der Waals surface area contributed by atoms with Crippen LogP contribution in [-0.4, -0.2) is 24.0 Å². The van der Waals surface area contributed by atoms with E-state index in [0.717, 1.165) is 12.3 Å². The molecule has 0 bridgehead atoms. The molecule has 86 valence electrons. The van der Waals surface area contributed by atoms with Gasteiger partial charge in [-0.05, 0) is 19.4 Å². The highest BCUT2D eigenvalue weighted by molar-refractivity contribution is 6.05. The second-order valence-corrected chi connectivity index (χ2v) is 3.89. The zero-order chi connectivity index (χ0) is 11.5. The molecule has 0 saturated carbocycles. The first-order valence-corrected chi connectivity index (χ1v) is 5.62. The molecule has 1 aromatic heterocycles. The molecule has 16 heavy (non-hydrogen) atoms. The quantitative estimate of drug-likeness (QED) is 0.707. The van der Waals surface area contributed by atoms with Crippen molar-refractivity contribution in [2.75, 3.05) is 7.05 Å². The van der Waals surface area contributed by atoms with E-state index in [9.17, 15) is 0 Å². The number of nitrogens with zero attached hydrogens (tertiary/aromatic N) is 1. The predicted octanol–water partition coefficient (Wildman–Crippen LogP) is 1.70. The van der Waals surface area contributed by atoms with Gasteiger partial charge < -0.3 is 15.6 Å². The molecule has 1 atom stereocenters. The van der Waals surface area contributed by atoms with Gasteiger partial charge in [0.15, 0.2) is 0 Å². The maximum Gasteiger partial charge on any atom is 0.127 e. The average Bonchev–Trinajstić information content (AvgIpc) is 2.81. The Morgan fingerprint density at radius 2 is 2.19 bits per heavy atom. The summed E-state index contributed by atoms with van der Waals surface area (Å²) in [5.74, 6) is 0.991. The molecule has 2 heterocycles. The van der Waals surface area contributed by atoms with E-state index in [1.54, 1.807) is 0 Å². The molecule has 1 unspecified atom stereocenters. The van der Waals surface area contributed by atoms with Crippen LogP contribution in [0.15, 0.2) is 29.0 Å². The van der Waals surface area contributed by atoms with Gasteiger partial charge in [0.1, 0.15) is 5.84 Å². The molecule has 1 aliphatic heterocycles. The fraction of sp³-hybridized carbons (Fsp3) is 0.417. The van der Waals surface area contributed by atoms with Crippen LogP contribution in [0, 0.1) is 0 Å². The molecule has 0 aliphatic carbocycles. The van der Waals surface area contributed by atoms with Crippen LogP contribution in [0.5, 0.6) is 0 Å². The lowest BCUT2D eigenvalue weighted by molar-refractivity contribution is 0.597. The predicted molar refractivity (Wildman–Crippen MR) is 67.1 cm³/mol. The Morgan fingerprint density at radius 3 is 2.75 bits per heavy atom. The summed E-state index contributed by atoms with van der Waals surface area (Å²) in [5.41, 5.74) is 3.60. The molecule has 4 nitrogen and oxygen atoms in total. The molecule has 0 spiro atoms. The summed E-state index contributed by atoms with van der Waals surface area (Å²) in [7, 11) is 1.82. The maximum atomic E-state index is 4.31. The number of amidine groups is 1. The zero-order valence-electron chi connectivity index (χ0n) is 9.96. The first kappa shape index (κ1) is 10.8. The van der Waals surface area contributed by atoms with Crippen LogP contribution >= 0.6 is 0 Å². The van der Waals surface area contributed by atoms with Gasteiger partial charge in [-0.2, -0.15) is 0 Å². The van der Waals surface area contributed by atoms with Crippen LogP contribution in [0.1, 0.15) is 25.8 Å². The highest BCUT2D eigenvalue weighted by Gasteiger charge is 2.21. The minimum atomic E-state index is 0.207. The van der Waals surface area contributed by atoms with E-state index >= 15 is 0 Å². The summed E-state index contributed by atoms with van der Waals surface area (Å²) in [6.45, 7) is 4.23. The Morgan fingerprint density at radius 1 is 1.38 bits per heavy atom. The van der Waals surface area contributed by atoms with Crippen molar-refractivity contribution in [1.82, 2.24) is 15.6 Å². The molecule has 0 aromatic carbocycles. The van der Waals surface area contributed by atoms with E-state index in [-0.39, 0.29) is 6.17 Å². The standard InChI is InChI=1S/C12H18N4/c1-4-10-11(9-5-6-14-7-9)15-8(2)16-12(10)13-3/h5-8,14-15H,4H2,1-3H3,(H,13,16). The van der Waals surface area contributed by atoms with Crippen molar-refractivity contribution in [3.05, 3.63) is 29.6 Å². The summed E-state index contributed by atoms with van der Waals surface area (Å²) in [6, 6.07) is 2.07. The minimum absolute atomic E-state index is 0.207. The molecular weight excluding hydrogens is 200 g/mol. The largest absolute Gasteiger partial charge is 0.367 e. The Hall–Kier alpha value is -1.71. The molecule has 0 saturated heterocycles. The smallest absolute Gasteiger partial charge is 0.127 e. The second kappa shape index (κ2) is 4.43. The van der Waals surface area contributed by atoms with Gasteiger partial charge in [0.2, 0.25) is 0 Å². The average molecular weight is 218 g/mol. The lowest BCUT2D eigenvalue weighted by atomic mass is 10.0. The number of H-pyrrole nitrogens is 1. The van der Waals surface area contributed by atoms with Crippen LogP contribution in [-0.2, 0) is 0 Å². The van der Waals surface area contributed by atoms with Crippen LogP contribution in [0.25, 0.3) is 5.70 Å². The summed E-state index contributed by atoms with van der Waals surface area (Å²) >= 11 is 0. The molecular formula is C12H18N4. The van der Waals surface area contributed by atoms with E-state index in [2.05, 4.69) is 40.5 Å². The van der Waals surface area contributed by atoms with Crippen molar-refractivity contribution >= 4 is 11.5 Å². The number of rotatable bonds is 2. The van der Waals surface area contributed by atoms with Crippen LogP contribution in [0.3, 0.4) is 0 Å². The fourth-order valence-corrected chi connectivity index (χ4v) is 2.03. The number of hydrogen-bond acceptors (Lipinski definition) is 2. The lowest BCUT2D eigenvalue weighted by Gasteiger charge is -2.29. The van der Waals surface area contributed by atoms with Gasteiger partial charge in [-0.1, -0.05) is 6.92 Å². The van der Waals surface area contributed by atoms with Crippen molar-refractivity contribution in [2.24, 2.45) is 4.99 Å². The molecule has 0 fully saturated rings. The van der Waals surface area contributed by atoms with Crippen molar-refractivity contribution in [2.45, 2.75) is 26.4 Å². The van der Waals surface area contributed by atoms with Gasteiger partial charge in [0.05, 0.1) is 11.9 Å². The van der Waals surface area contributed by atoms with Crippen molar-refractivity contribution < 1.29 is 0 Å². The third-order valence-corrected chi connectivity index (χ3v) is 2.77. The third kappa shape index (κ3) is 1.83. The second-order valence-electron chi connectivity index (χ2n) is 3.89. The Balaban J connectivity index is 2.48. The summed E-state index contributed by atoms with van der Waals surface area (Å²) < 4.78 is 0. The monoisotopic (exact) mass is 218 g/mol. The fourth-order valence-electron chi connectivity index (χ4n) is 2.03. The van der Waals surface area contributed by atoms with Crippen LogP contribution in [0.4, 0.5) is 0 Å². The highest BCUT2D eigenvalue weighted by atomic mass is 15.2. The maximum absolute atomic E-state index is 4.31. The number of aliphatic imine (C=N–C) groups is 1. The van der Waals surface area contributed by atoms with Gasteiger partial charge in [0.25, 0.3) is 0 Å². The van der Waals surface area contributed by atoms with E-state index < -0.39 is 0 Å². The third-order valence-electron chi connectivity index (χ3n) is 2.77. The topological polar surface area (TPSA) is 52.2 Å². The summed E-state index contributed by atoms with van der Waals surface area (Å²) in [5, 5.41) is 6.78. The van der Waals surface area contributed by atoms with Gasteiger partial charge in [-0.25, -0.2) is 0 Å². The molecule has 4 heteroatoms. The molecule has 0 radical (unpaired) electrons. The van der Waals surface area contributed by atoms with Gasteiger partial charge in [0, 0.05) is 30.6 Å². The van der Waals surface area contributed by atoms with E-state index in [1.807, 2.05) is 19.4 Å². The van der Waals surface area contributed by atoms with Gasteiger partial charge >= 0.3 is 0 Å². The Labute approximate surface area is 95.9 Å². The number of aromatic nitrogens is 1. The van der Waals surface area contributed by atoms with E-state index in [0.29, 0.717) is 0 Å². The normalized spacial score (nSPS) is 23.2. The lowest BCUT2D eigenvalue weighted by Crippen LogP contribution is -2.48. The van der Waals surface area contributed by atoms with E-state index in [4.69, 9.17) is 0 Å². The van der Waals surface area contributed by atoms with Crippen molar-refractivity contribution in [3.63, 3.8) is 0 Å². The Kier molecular flexibility index (Phi) is 2.99. The number of aromatic amines is 1.